The number of rotatable bonds is 7. The van der Waals surface area contributed by atoms with Gasteiger partial charge in [0.25, 0.3) is 5.91 Å². The molecule has 0 saturated carbocycles. The predicted octanol–water partition coefficient (Wildman–Crippen LogP) is 5.02. The number of hydrogen-bond donors (Lipinski definition) is 2. The Morgan fingerprint density at radius 3 is 2.55 bits per heavy atom. The van der Waals surface area contributed by atoms with Gasteiger partial charge in [0.2, 0.25) is 0 Å². The van der Waals surface area contributed by atoms with Crippen molar-refractivity contribution < 1.29 is 31.5 Å². The number of nitrogens with one attached hydrogen (secondary N) is 2. The van der Waals surface area contributed by atoms with Crippen LogP contribution in [0.4, 0.5) is 17.6 Å². The minimum absolute atomic E-state index is 0.00630. The van der Waals surface area contributed by atoms with Gasteiger partial charge in [-0.3, -0.25) is 9.78 Å². The third kappa shape index (κ3) is 4.97. The lowest BCUT2D eigenvalue weighted by Crippen LogP contribution is -2.46. The number of carbonyl (C=O) groups is 1. The predicted molar refractivity (Wildman–Crippen MR) is 129 cm³/mol. The lowest BCUT2D eigenvalue weighted by Gasteiger charge is -2.27. The Balaban J connectivity index is 1.48. The summed E-state index contributed by atoms with van der Waals surface area (Å²) in [5.74, 6) is -7.33. The zero-order chi connectivity index (χ0) is 27.2. The number of ether oxygens (including phenoxy) is 1. The largest absolute Gasteiger partial charge is 0.484 e. The first-order valence-corrected chi connectivity index (χ1v) is 11.4. The molecular formula is C26H20F4N4O4. The molecule has 2 atom stereocenters. The standard InChI is InChI=1S/C26H20F4N4O4/c1-13(32-24(35)26(2,29)30)23(14-7-16(27)10-17(28)8-14)37-19-4-6-21-15(9-19)12-31-34(21)18-3-5-20-22(11-18)38-25(36)33-20/h3-13,23H,1-2H3,(H,32,35)(H,33,36)/t13-,23-/m0/s1. The number of oxazole rings is 1. The van der Waals surface area contributed by atoms with Crippen LogP contribution in [-0.2, 0) is 4.79 Å². The van der Waals surface area contributed by atoms with E-state index >= 15 is 0 Å². The number of fused-ring (bicyclic) bond motifs is 2. The van der Waals surface area contributed by atoms with Crippen LogP contribution in [0.1, 0.15) is 25.5 Å². The van der Waals surface area contributed by atoms with Gasteiger partial charge in [-0.25, -0.2) is 18.3 Å². The van der Waals surface area contributed by atoms with Crippen molar-refractivity contribution in [1.29, 1.82) is 0 Å². The smallest absolute Gasteiger partial charge is 0.417 e. The number of carbonyl (C=O) groups excluding carboxylic acids is 1. The van der Waals surface area contributed by atoms with E-state index in [-0.39, 0.29) is 11.3 Å². The van der Waals surface area contributed by atoms with E-state index in [4.69, 9.17) is 9.15 Å². The average molecular weight is 528 g/mol. The highest BCUT2D eigenvalue weighted by Crippen LogP contribution is 2.30. The summed E-state index contributed by atoms with van der Waals surface area (Å²) < 4.78 is 67.6. The minimum atomic E-state index is -3.66. The maximum Gasteiger partial charge on any atom is 0.417 e. The number of hydrogen-bond acceptors (Lipinski definition) is 5. The number of aromatic nitrogens is 3. The molecule has 8 nitrogen and oxygen atoms in total. The molecule has 0 aliphatic carbocycles. The molecule has 5 aromatic rings. The molecule has 1 amide bonds. The number of H-pyrrole nitrogens is 1. The highest BCUT2D eigenvalue weighted by molar-refractivity contribution is 5.84. The Bertz CT molecular complexity index is 1700. The van der Waals surface area contributed by atoms with Gasteiger partial charge in [0.1, 0.15) is 23.5 Å². The Hall–Kier alpha value is -4.61. The normalized spacial score (nSPS) is 13.5. The van der Waals surface area contributed by atoms with Crippen LogP contribution in [-0.4, -0.2) is 32.6 Å². The van der Waals surface area contributed by atoms with Crippen LogP contribution in [0.15, 0.2) is 70.0 Å². The zero-order valence-corrected chi connectivity index (χ0v) is 20.0. The minimum Gasteiger partial charge on any atom is -0.484 e. The second-order valence-corrected chi connectivity index (χ2v) is 8.86. The summed E-state index contributed by atoms with van der Waals surface area (Å²) in [6.07, 6.45) is 0.345. The number of nitrogens with zero attached hydrogens (tertiary/aromatic N) is 2. The molecule has 0 bridgehead atoms. The Morgan fingerprint density at radius 2 is 1.84 bits per heavy atom. The topological polar surface area (TPSA) is 102 Å². The Labute approximate surface area is 211 Å². The fourth-order valence-corrected chi connectivity index (χ4v) is 4.11. The number of halogens is 4. The summed E-state index contributed by atoms with van der Waals surface area (Å²) in [6, 6.07) is 11.5. The van der Waals surface area contributed by atoms with Gasteiger partial charge < -0.3 is 14.5 Å². The third-order valence-electron chi connectivity index (χ3n) is 5.88. The number of aromatic amines is 1. The van der Waals surface area contributed by atoms with E-state index in [1.165, 1.54) is 6.92 Å². The summed E-state index contributed by atoms with van der Waals surface area (Å²) in [4.78, 5) is 25.9. The van der Waals surface area contributed by atoms with Crippen molar-refractivity contribution in [2.75, 3.05) is 0 Å². The molecule has 38 heavy (non-hydrogen) atoms. The van der Waals surface area contributed by atoms with Gasteiger partial charge in [-0.05, 0) is 49.4 Å². The van der Waals surface area contributed by atoms with Crippen molar-refractivity contribution in [3.05, 3.63) is 88.5 Å². The van der Waals surface area contributed by atoms with Crippen LogP contribution < -0.4 is 15.8 Å². The maximum atomic E-state index is 14.0. The maximum absolute atomic E-state index is 14.0. The van der Waals surface area contributed by atoms with Crippen molar-refractivity contribution in [1.82, 2.24) is 20.1 Å². The monoisotopic (exact) mass is 528 g/mol. The average Bonchev–Trinajstić information content (AvgIpc) is 3.42. The molecule has 0 radical (unpaired) electrons. The van der Waals surface area contributed by atoms with Crippen LogP contribution in [0.5, 0.6) is 5.75 Å². The van der Waals surface area contributed by atoms with Crippen molar-refractivity contribution in [2.24, 2.45) is 0 Å². The first kappa shape index (κ1) is 25.1. The quantitative estimate of drug-likeness (QED) is 0.289. The van der Waals surface area contributed by atoms with Gasteiger partial charge in [0.05, 0.1) is 29.0 Å². The van der Waals surface area contributed by atoms with E-state index in [2.05, 4.69) is 15.4 Å². The zero-order valence-electron chi connectivity index (χ0n) is 20.0. The van der Waals surface area contributed by atoms with Crippen LogP contribution in [0.25, 0.3) is 27.7 Å². The highest BCUT2D eigenvalue weighted by atomic mass is 19.3. The molecule has 0 aliphatic heterocycles. The van der Waals surface area contributed by atoms with E-state index in [0.29, 0.717) is 40.7 Å². The van der Waals surface area contributed by atoms with Crippen molar-refractivity contribution in [3.8, 4) is 11.4 Å². The molecule has 5 rings (SSSR count). The van der Waals surface area contributed by atoms with Crippen LogP contribution >= 0.6 is 0 Å². The SMILES string of the molecule is C[C@H](NC(=O)C(C)(F)F)[C@H](Oc1ccc2c(cnn2-c2ccc3[nH]c(=O)oc3c2)c1)c1cc(F)cc(F)c1. The number of benzene rings is 3. The van der Waals surface area contributed by atoms with Crippen molar-refractivity contribution >= 4 is 27.9 Å². The summed E-state index contributed by atoms with van der Waals surface area (Å²) in [5.41, 5.74) is 2.18. The van der Waals surface area contributed by atoms with E-state index in [1.54, 1.807) is 47.3 Å². The van der Waals surface area contributed by atoms with Crippen LogP contribution in [0.3, 0.4) is 0 Å². The third-order valence-corrected chi connectivity index (χ3v) is 5.88. The molecule has 2 heterocycles. The van der Waals surface area contributed by atoms with Crippen LogP contribution in [0, 0.1) is 11.6 Å². The van der Waals surface area contributed by atoms with Gasteiger partial charge in [-0.15, -0.1) is 0 Å². The molecule has 0 unspecified atom stereocenters. The van der Waals surface area contributed by atoms with Crippen LogP contribution in [0.2, 0.25) is 0 Å². The van der Waals surface area contributed by atoms with Gasteiger partial charge in [-0.2, -0.15) is 13.9 Å². The van der Waals surface area contributed by atoms with Gasteiger partial charge in [-0.1, -0.05) is 0 Å². The molecule has 0 spiro atoms. The van der Waals surface area contributed by atoms with Crippen molar-refractivity contribution in [3.63, 3.8) is 0 Å². The summed E-state index contributed by atoms with van der Waals surface area (Å²) in [5, 5.41) is 7.15. The molecule has 2 aromatic heterocycles. The first-order chi connectivity index (χ1) is 18.0. The number of alkyl halides is 2. The molecule has 3 aromatic carbocycles. The molecule has 0 aliphatic rings. The van der Waals surface area contributed by atoms with E-state index in [1.807, 2.05) is 0 Å². The van der Waals surface area contributed by atoms with Gasteiger partial charge in [0.15, 0.2) is 5.58 Å². The first-order valence-electron chi connectivity index (χ1n) is 11.4. The Kier molecular flexibility index (Phi) is 6.17. The number of amides is 1. The fraction of sp³-hybridized carbons (Fsp3) is 0.192. The highest BCUT2D eigenvalue weighted by Gasteiger charge is 2.35. The van der Waals surface area contributed by atoms with E-state index in [0.717, 1.165) is 12.1 Å². The molecule has 12 heteroatoms. The van der Waals surface area contributed by atoms with Crippen molar-refractivity contribution in [2.45, 2.75) is 31.9 Å². The van der Waals surface area contributed by atoms with E-state index < -0.39 is 41.4 Å². The second kappa shape index (κ2) is 9.36. The second-order valence-electron chi connectivity index (χ2n) is 8.86. The fourth-order valence-electron chi connectivity index (χ4n) is 4.11. The Morgan fingerprint density at radius 1 is 1.11 bits per heavy atom. The summed E-state index contributed by atoms with van der Waals surface area (Å²) in [6.45, 7) is 1.84. The summed E-state index contributed by atoms with van der Waals surface area (Å²) in [7, 11) is 0. The molecule has 2 N–H and O–H groups in total. The van der Waals surface area contributed by atoms with Gasteiger partial charge >= 0.3 is 11.7 Å². The summed E-state index contributed by atoms with van der Waals surface area (Å²) >= 11 is 0. The molecule has 0 fully saturated rings. The molecule has 0 saturated heterocycles. The lowest BCUT2D eigenvalue weighted by molar-refractivity contribution is -0.144. The van der Waals surface area contributed by atoms with Gasteiger partial charge in [0, 0.05) is 30.0 Å². The molecular weight excluding hydrogens is 508 g/mol. The lowest BCUT2D eigenvalue weighted by atomic mass is 10.0. The molecule has 196 valence electrons. The van der Waals surface area contributed by atoms with E-state index in [9.17, 15) is 27.2 Å².